The van der Waals surface area contributed by atoms with Gasteiger partial charge in [0.2, 0.25) is 5.91 Å². The maximum absolute atomic E-state index is 11.8. The normalized spacial score (nSPS) is 13.7. The number of nitro benzene ring substituents is 1. The number of non-ortho nitro benzene ring substituents is 1. The van der Waals surface area contributed by atoms with Gasteiger partial charge in [0.05, 0.1) is 11.5 Å². The van der Waals surface area contributed by atoms with Crippen LogP contribution < -0.4 is 5.32 Å². The molecule has 0 aliphatic rings. The van der Waals surface area contributed by atoms with E-state index in [0.29, 0.717) is 5.56 Å². The van der Waals surface area contributed by atoms with Crippen LogP contribution in [0.25, 0.3) is 6.08 Å². The summed E-state index contributed by atoms with van der Waals surface area (Å²) in [5.41, 5.74) is 0.299. The second-order valence-electron chi connectivity index (χ2n) is 5.19. The molecule has 0 aliphatic heterocycles. The first-order valence-electron chi connectivity index (χ1n) is 6.84. The van der Waals surface area contributed by atoms with Crippen molar-refractivity contribution < 1.29 is 14.8 Å². The molecule has 2 aromatic rings. The SMILES string of the molecule is CC(O)(CNC(=O)C=Cc1ccc([N+](=O)[O-])cc1)c1ccsc1. The third-order valence-electron chi connectivity index (χ3n) is 3.28. The predicted octanol–water partition coefficient (Wildman–Crippen LogP) is 2.69. The number of nitrogens with zero attached hydrogens (tertiary/aromatic N) is 1. The minimum Gasteiger partial charge on any atom is -0.384 e. The summed E-state index contributed by atoms with van der Waals surface area (Å²) >= 11 is 1.48. The summed E-state index contributed by atoms with van der Waals surface area (Å²) in [6, 6.07) is 7.67. The number of nitro groups is 1. The number of hydrogen-bond acceptors (Lipinski definition) is 5. The molecule has 120 valence electrons. The Morgan fingerprint density at radius 2 is 2.09 bits per heavy atom. The molecular formula is C16H16N2O4S. The van der Waals surface area contributed by atoms with E-state index in [-0.39, 0.29) is 18.1 Å². The first-order valence-corrected chi connectivity index (χ1v) is 7.78. The number of aliphatic hydroxyl groups is 1. The van der Waals surface area contributed by atoms with Crippen LogP contribution in [0.2, 0.25) is 0 Å². The van der Waals surface area contributed by atoms with E-state index in [1.165, 1.54) is 29.5 Å². The number of benzene rings is 1. The Kier molecular flexibility index (Phi) is 5.25. The van der Waals surface area contributed by atoms with Crippen LogP contribution in [0.15, 0.2) is 47.2 Å². The minimum atomic E-state index is -1.13. The van der Waals surface area contributed by atoms with Gasteiger partial charge in [0, 0.05) is 18.2 Å². The van der Waals surface area contributed by atoms with Gasteiger partial charge < -0.3 is 10.4 Å². The maximum atomic E-state index is 11.8. The Morgan fingerprint density at radius 3 is 2.65 bits per heavy atom. The molecule has 2 rings (SSSR count). The fraction of sp³-hybridized carbons (Fsp3) is 0.188. The summed E-state index contributed by atoms with van der Waals surface area (Å²) < 4.78 is 0. The molecule has 0 bridgehead atoms. The van der Waals surface area contributed by atoms with Crippen LogP contribution in [-0.2, 0) is 10.4 Å². The van der Waals surface area contributed by atoms with Crippen molar-refractivity contribution in [2.24, 2.45) is 0 Å². The molecule has 2 N–H and O–H groups in total. The van der Waals surface area contributed by atoms with Crippen molar-refractivity contribution >= 4 is 29.0 Å². The lowest BCUT2D eigenvalue weighted by Crippen LogP contribution is -2.37. The summed E-state index contributed by atoms with van der Waals surface area (Å²) in [7, 11) is 0. The highest BCUT2D eigenvalue weighted by Gasteiger charge is 2.23. The number of hydrogen-bond donors (Lipinski definition) is 2. The van der Waals surface area contributed by atoms with Gasteiger partial charge in [-0.05, 0) is 53.1 Å². The van der Waals surface area contributed by atoms with E-state index >= 15 is 0 Å². The van der Waals surface area contributed by atoms with E-state index in [1.807, 2.05) is 16.8 Å². The van der Waals surface area contributed by atoms with Crippen molar-refractivity contribution in [2.45, 2.75) is 12.5 Å². The first-order chi connectivity index (χ1) is 10.9. The first kappa shape index (κ1) is 16.9. The molecule has 0 aliphatic carbocycles. The lowest BCUT2D eigenvalue weighted by Gasteiger charge is -2.22. The molecule has 7 heteroatoms. The van der Waals surface area contributed by atoms with Crippen molar-refractivity contribution in [2.75, 3.05) is 6.54 Å². The van der Waals surface area contributed by atoms with Gasteiger partial charge in [-0.3, -0.25) is 14.9 Å². The Hall–Kier alpha value is -2.51. The molecular weight excluding hydrogens is 316 g/mol. The van der Waals surface area contributed by atoms with Gasteiger partial charge in [-0.2, -0.15) is 11.3 Å². The summed E-state index contributed by atoms with van der Waals surface area (Å²) in [4.78, 5) is 21.9. The number of nitrogens with one attached hydrogen (secondary N) is 1. The highest BCUT2D eigenvalue weighted by molar-refractivity contribution is 7.08. The van der Waals surface area contributed by atoms with Crippen molar-refractivity contribution in [3.05, 3.63) is 68.4 Å². The Bertz CT molecular complexity index is 706. The largest absolute Gasteiger partial charge is 0.384 e. The molecule has 0 saturated heterocycles. The number of amides is 1. The zero-order chi connectivity index (χ0) is 16.9. The van der Waals surface area contributed by atoms with E-state index in [2.05, 4.69) is 5.32 Å². The quantitative estimate of drug-likeness (QED) is 0.483. The maximum Gasteiger partial charge on any atom is 0.269 e. The molecule has 1 amide bonds. The molecule has 1 aromatic heterocycles. The summed E-state index contributed by atoms with van der Waals surface area (Å²) in [5, 5.41) is 27.2. The highest BCUT2D eigenvalue weighted by Crippen LogP contribution is 2.22. The average Bonchev–Trinajstić information content (AvgIpc) is 3.06. The number of rotatable bonds is 6. The number of thiophene rings is 1. The molecule has 1 aromatic carbocycles. The molecule has 0 spiro atoms. The molecule has 0 saturated carbocycles. The van der Waals surface area contributed by atoms with Gasteiger partial charge in [0.25, 0.3) is 5.69 Å². The van der Waals surface area contributed by atoms with Crippen LogP contribution in [0.1, 0.15) is 18.1 Å². The molecule has 0 radical (unpaired) electrons. The Balaban J connectivity index is 1.90. The summed E-state index contributed by atoms with van der Waals surface area (Å²) in [5.74, 6) is -0.348. The second-order valence-corrected chi connectivity index (χ2v) is 5.97. The minimum absolute atomic E-state index is 0.00147. The van der Waals surface area contributed by atoms with Crippen LogP contribution in [0.5, 0.6) is 0 Å². The van der Waals surface area contributed by atoms with Crippen molar-refractivity contribution in [1.29, 1.82) is 0 Å². The molecule has 23 heavy (non-hydrogen) atoms. The molecule has 0 fully saturated rings. The third-order valence-corrected chi connectivity index (χ3v) is 3.96. The molecule has 6 nitrogen and oxygen atoms in total. The average molecular weight is 332 g/mol. The second kappa shape index (κ2) is 7.17. The van der Waals surface area contributed by atoms with Gasteiger partial charge in [0.1, 0.15) is 5.60 Å². The standard InChI is InChI=1S/C16H16N2O4S/c1-16(20,13-8-9-23-10-13)11-17-15(19)7-4-12-2-5-14(6-3-12)18(21)22/h2-10,20H,11H2,1H3,(H,17,19). The smallest absolute Gasteiger partial charge is 0.269 e. The fourth-order valence-electron chi connectivity index (χ4n) is 1.87. The van der Waals surface area contributed by atoms with Crippen LogP contribution in [-0.4, -0.2) is 22.5 Å². The van der Waals surface area contributed by atoms with E-state index in [9.17, 15) is 20.0 Å². The molecule has 1 unspecified atom stereocenters. The fourth-order valence-corrected chi connectivity index (χ4v) is 2.65. The lowest BCUT2D eigenvalue weighted by atomic mass is 9.99. The van der Waals surface area contributed by atoms with Crippen molar-refractivity contribution in [3.8, 4) is 0 Å². The van der Waals surface area contributed by atoms with Gasteiger partial charge in [-0.1, -0.05) is 0 Å². The lowest BCUT2D eigenvalue weighted by molar-refractivity contribution is -0.384. The summed E-state index contributed by atoms with van der Waals surface area (Å²) in [6.07, 6.45) is 2.88. The zero-order valence-corrected chi connectivity index (χ0v) is 13.2. The number of carbonyl (C=O) groups is 1. The van der Waals surface area contributed by atoms with E-state index < -0.39 is 10.5 Å². The van der Waals surface area contributed by atoms with Crippen molar-refractivity contribution in [3.63, 3.8) is 0 Å². The van der Waals surface area contributed by atoms with E-state index in [1.54, 1.807) is 25.1 Å². The summed E-state index contributed by atoms with van der Waals surface area (Å²) in [6.45, 7) is 1.72. The molecule has 1 atom stereocenters. The Morgan fingerprint density at radius 1 is 1.39 bits per heavy atom. The van der Waals surface area contributed by atoms with Gasteiger partial charge in [-0.15, -0.1) is 0 Å². The van der Waals surface area contributed by atoms with E-state index in [0.717, 1.165) is 5.56 Å². The highest BCUT2D eigenvalue weighted by atomic mass is 32.1. The topological polar surface area (TPSA) is 92.5 Å². The monoisotopic (exact) mass is 332 g/mol. The van der Waals surface area contributed by atoms with Gasteiger partial charge in [0.15, 0.2) is 0 Å². The Labute approximate surface area is 137 Å². The third kappa shape index (κ3) is 4.73. The van der Waals surface area contributed by atoms with E-state index in [4.69, 9.17) is 0 Å². The van der Waals surface area contributed by atoms with Crippen LogP contribution in [0.4, 0.5) is 5.69 Å². The number of carbonyl (C=O) groups excluding carboxylic acids is 1. The van der Waals surface area contributed by atoms with Gasteiger partial charge in [-0.25, -0.2) is 0 Å². The molecule has 1 heterocycles. The van der Waals surface area contributed by atoms with Crippen LogP contribution in [0.3, 0.4) is 0 Å². The van der Waals surface area contributed by atoms with Crippen LogP contribution in [0, 0.1) is 10.1 Å². The van der Waals surface area contributed by atoms with Gasteiger partial charge >= 0.3 is 0 Å². The predicted molar refractivity (Wildman–Crippen MR) is 89.0 cm³/mol. The van der Waals surface area contributed by atoms with Crippen molar-refractivity contribution in [1.82, 2.24) is 5.32 Å². The van der Waals surface area contributed by atoms with Crippen LogP contribution >= 0.6 is 11.3 Å². The zero-order valence-electron chi connectivity index (χ0n) is 12.4.